The molecular formula is C20H21N3O4. The predicted molar refractivity (Wildman–Crippen MR) is 102 cm³/mol. The van der Waals surface area contributed by atoms with Gasteiger partial charge >= 0.3 is 18.0 Å². The fourth-order valence-electron chi connectivity index (χ4n) is 2.81. The highest BCUT2D eigenvalue weighted by atomic mass is 16.6. The first-order valence-electron chi connectivity index (χ1n) is 8.55. The molecule has 0 aromatic heterocycles. The number of anilines is 3. The molecule has 0 bridgehead atoms. The summed E-state index contributed by atoms with van der Waals surface area (Å²) in [5, 5.41) is 2.32. The molecule has 3 rings (SSSR count). The fraction of sp³-hybridized carbons (Fsp3) is 0.250. The number of esters is 1. The minimum absolute atomic E-state index is 0.309. The lowest BCUT2D eigenvalue weighted by Crippen LogP contribution is -2.46. The third kappa shape index (κ3) is 4.08. The van der Waals surface area contributed by atoms with Gasteiger partial charge in [0.25, 0.3) is 0 Å². The predicted octanol–water partition coefficient (Wildman–Crippen LogP) is 3.82. The SMILES string of the molecule is CC(C)(C)OC(=O)CN1C(=O)NC(=O)N(c2ccccc2)c2ccccc21. The average Bonchev–Trinajstić information content (AvgIpc) is 2.69. The van der Waals surface area contributed by atoms with Crippen LogP contribution in [0.3, 0.4) is 0 Å². The smallest absolute Gasteiger partial charge is 0.334 e. The fourth-order valence-corrected chi connectivity index (χ4v) is 2.81. The number of ether oxygens (including phenoxy) is 1. The van der Waals surface area contributed by atoms with E-state index < -0.39 is 23.6 Å². The molecule has 7 nitrogen and oxygen atoms in total. The van der Waals surface area contributed by atoms with Crippen molar-refractivity contribution in [1.82, 2.24) is 5.32 Å². The number of para-hydroxylation sites is 3. The lowest BCUT2D eigenvalue weighted by molar-refractivity contribution is -0.152. The second kappa shape index (κ2) is 7.11. The molecule has 4 amide bonds. The van der Waals surface area contributed by atoms with Gasteiger partial charge in [-0.25, -0.2) is 9.59 Å². The average molecular weight is 367 g/mol. The van der Waals surface area contributed by atoms with Crippen LogP contribution in [-0.4, -0.2) is 30.2 Å². The number of carbonyl (C=O) groups is 3. The van der Waals surface area contributed by atoms with Crippen molar-refractivity contribution in [3.63, 3.8) is 0 Å². The molecular weight excluding hydrogens is 346 g/mol. The molecule has 0 unspecified atom stereocenters. The van der Waals surface area contributed by atoms with Gasteiger partial charge < -0.3 is 4.74 Å². The van der Waals surface area contributed by atoms with Crippen molar-refractivity contribution >= 4 is 35.1 Å². The topological polar surface area (TPSA) is 79.0 Å². The van der Waals surface area contributed by atoms with E-state index in [0.717, 1.165) is 0 Å². The van der Waals surface area contributed by atoms with Crippen LogP contribution >= 0.6 is 0 Å². The maximum Gasteiger partial charge on any atom is 0.334 e. The molecule has 7 heteroatoms. The zero-order valence-corrected chi connectivity index (χ0v) is 15.4. The Kier molecular flexibility index (Phi) is 4.85. The molecule has 1 aliphatic rings. The summed E-state index contributed by atoms with van der Waals surface area (Å²) in [5.74, 6) is -0.562. The lowest BCUT2D eigenvalue weighted by atomic mass is 10.2. The number of hydrogen-bond donors (Lipinski definition) is 1. The van der Waals surface area contributed by atoms with Crippen molar-refractivity contribution in [2.24, 2.45) is 0 Å². The van der Waals surface area contributed by atoms with E-state index in [0.29, 0.717) is 17.1 Å². The monoisotopic (exact) mass is 367 g/mol. The van der Waals surface area contributed by atoms with Crippen LogP contribution in [0.15, 0.2) is 54.6 Å². The van der Waals surface area contributed by atoms with Gasteiger partial charge in [0.2, 0.25) is 0 Å². The van der Waals surface area contributed by atoms with Gasteiger partial charge in [-0.3, -0.25) is 19.9 Å². The Balaban J connectivity index is 2.02. The van der Waals surface area contributed by atoms with Crippen LogP contribution in [0.4, 0.5) is 26.7 Å². The van der Waals surface area contributed by atoms with Crippen LogP contribution in [0.5, 0.6) is 0 Å². The highest BCUT2D eigenvalue weighted by molar-refractivity contribution is 6.16. The second-order valence-corrected chi connectivity index (χ2v) is 7.07. The summed E-state index contributed by atoms with van der Waals surface area (Å²) in [7, 11) is 0. The van der Waals surface area contributed by atoms with E-state index in [9.17, 15) is 14.4 Å². The zero-order chi connectivity index (χ0) is 19.6. The van der Waals surface area contributed by atoms with Gasteiger partial charge in [-0.15, -0.1) is 0 Å². The van der Waals surface area contributed by atoms with Crippen LogP contribution in [0.2, 0.25) is 0 Å². The van der Waals surface area contributed by atoms with E-state index in [2.05, 4.69) is 5.32 Å². The largest absolute Gasteiger partial charge is 0.459 e. The standard InChI is InChI=1S/C20H21N3O4/c1-20(2,3)27-17(24)13-22-15-11-7-8-12-16(15)23(19(26)21-18(22)25)14-9-5-4-6-10-14/h4-12H,13H2,1-3H3,(H,21,25,26). The van der Waals surface area contributed by atoms with Gasteiger partial charge in [0.05, 0.1) is 17.1 Å². The first kappa shape index (κ1) is 18.4. The number of urea groups is 2. The molecule has 140 valence electrons. The second-order valence-electron chi connectivity index (χ2n) is 7.07. The molecule has 0 atom stereocenters. The summed E-state index contributed by atoms with van der Waals surface area (Å²) in [4.78, 5) is 40.2. The maximum atomic E-state index is 12.7. The molecule has 0 aliphatic carbocycles. The molecule has 1 N–H and O–H groups in total. The molecule has 0 fully saturated rings. The quantitative estimate of drug-likeness (QED) is 0.837. The normalized spacial score (nSPS) is 14.3. The van der Waals surface area contributed by atoms with Crippen LogP contribution in [0.25, 0.3) is 0 Å². The number of nitrogens with one attached hydrogen (secondary N) is 1. The molecule has 2 aromatic carbocycles. The van der Waals surface area contributed by atoms with E-state index in [1.54, 1.807) is 69.3 Å². The van der Waals surface area contributed by atoms with Gasteiger partial charge in [0.15, 0.2) is 0 Å². The summed E-state index contributed by atoms with van der Waals surface area (Å²) in [6.45, 7) is 4.95. The van der Waals surface area contributed by atoms with E-state index in [1.807, 2.05) is 6.07 Å². The van der Waals surface area contributed by atoms with Gasteiger partial charge in [-0.1, -0.05) is 30.3 Å². The number of hydrogen-bond acceptors (Lipinski definition) is 4. The van der Waals surface area contributed by atoms with Gasteiger partial charge in [0, 0.05) is 0 Å². The Morgan fingerprint density at radius 2 is 1.52 bits per heavy atom. The van der Waals surface area contributed by atoms with Gasteiger partial charge in [0.1, 0.15) is 12.1 Å². The van der Waals surface area contributed by atoms with Gasteiger partial charge in [-0.05, 0) is 45.0 Å². The highest BCUT2D eigenvalue weighted by Crippen LogP contribution is 2.36. The number of carbonyl (C=O) groups excluding carboxylic acids is 3. The van der Waals surface area contributed by atoms with E-state index >= 15 is 0 Å². The molecule has 27 heavy (non-hydrogen) atoms. The highest BCUT2D eigenvalue weighted by Gasteiger charge is 2.33. The number of imide groups is 1. The summed E-state index contributed by atoms with van der Waals surface area (Å²) >= 11 is 0. The van der Waals surface area contributed by atoms with E-state index in [-0.39, 0.29) is 6.54 Å². The Hall–Kier alpha value is -3.35. The number of amides is 4. The molecule has 1 heterocycles. The third-order valence-electron chi connectivity index (χ3n) is 3.80. The molecule has 0 saturated carbocycles. The van der Waals surface area contributed by atoms with Crippen molar-refractivity contribution in [2.45, 2.75) is 26.4 Å². The molecule has 2 aromatic rings. The molecule has 1 aliphatic heterocycles. The first-order chi connectivity index (χ1) is 12.8. The summed E-state index contributed by atoms with van der Waals surface area (Å²) in [6, 6.07) is 14.6. The maximum absolute atomic E-state index is 12.7. The minimum Gasteiger partial charge on any atom is -0.459 e. The van der Waals surface area contributed by atoms with Crippen molar-refractivity contribution in [3.8, 4) is 0 Å². The number of nitrogens with zero attached hydrogens (tertiary/aromatic N) is 2. The lowest BCUT2D eigenvalue weighted by Gasteiger charge is -2.25. The van der Waals surface area contributed by atoms with Crippen LogP contribution in [0.1, 0.15) is 20.8 Å². The van der Waals surface area contributed by atoms with Crippen molar-refractivity contribution in [1.29, 1.82) is 0 Å². The minimum atomic E-state index is -0.684. The Morgan fingerprint density at radius 3 is 2.15 bits per heavy atom. The van der Waals surface area contributed by atoms with Crippen molar-refractivity contribution in [2.75, 3.05) is 16.3 Å². The number of benzene rings is 2. The van der Waals surface area contributed by atoms with Crippen LogP contribution in [-0.2, 0) is 9.53 Å². The summed E-state index contributed by atoms with van der Waals surface area (Å²) in [6.07, 6.45) is 0. The van der Waals surface area contributed by atoms with Crippen LogP contribution < -0.4 is 15.1 Å². The third-order valence-corrected chi connectivity index (χ3v) is 3.80. The first-order valence-corrected chi connectivity index (χ1v) is 8.55. The van der Waals surface area contributed by atoms with E-state index in [1.165, 1.54) is 9.80 Å². The van der Waals surface area contributed by atoms with Crippen molar-refractivity contribution in [3.05, 3.63) is 54.6 Å². The summed E-state index contributed by atoms with van der Waals surface area (Å²) in [5.41, 5.74) is 0.866. The number of fused-ring (bicyclic) bond motifs is 1. The van der Waals surface area contributed by atoms with Crippen molar-refractivity contribution < 1.29 is 19.1 Å². The number of rotatable bonds is 3. The zero-order valence-electron chi connectivity index (χ0n) is 15.4. The Labute approximate surface area is 157 Å². The van der Waals surface area contributed by atoms with Gasteiger partial charge in [-0.2, -0.15) is 0 Å². The van der Waals surface area contributed by atoms with Crippen LogP contribution in [0, 0.1) is 0 Å². The Bertz CT molecular complexity index is 874. The Morgan fingerprint density at radius 1 is 0.926 bits per heavy atom. The molecule has 0 spiro atoms. The molecule has 0 radical (unpaired) electrons. The molecule has 0 saturated heterocycles. The van der Waals surface area contributed by atoms with E-state index in [4.69, 9.17) is 4.74 Å². The summed E-state index contributed by atoms with van der Waals surface area (Å²) < 4.78 is 5.32.